The van der Waals surface area contributed by atoms with E-state index >= 15 is 0 Å². The number of nitrogens with zero attached hydrogens (tertiary/aromatic N) is 2. The van der Waals surface area contributed by atoms with Gasteiger partial charge in [-0.1, -0.05) is 20.8 Å². The molecule has 2 heteroatoms. The first kappa shape index (κ1) is 11.4. The highest BCUT2D eigenvalue weighted by Crippen LogP contribution is 2.30. The molecule has 2 nitrogen and oxygen atoms in total. The van der Waals surface area contributed by atoms with E-state index in [1.165, 1.54) is 51.9 Å². The lowest BCUT2D eigenvalue weighted by atomic mass is 9.85. The van der Waals surface area contributed by atoms with Crippen LogP contribution >= 0.6 is 0 Å². The zero-order valence-electron chi connectivity index (χ0n) is 10.6. The summed E-state index contributed by atoms with van der Waals surface area (Å²) in [5, 5.41) is 5.23. The Labute approximate surface area is 94.6 Å². The topological polar surface area (TPSA) is 6.48 Å². The van der Waals surface area contributed by atoms with Crippen molar-refractivity contribution in [1.29, 1.82) is 0 Å². The van der Waals surface area contributed by atoms with Gasteiger partial charge in [-0.05, 0) is 37.0 Å². The summed E-state index contributed by atoms with van der Waals surface area (Å²) in [7, 11) is 0. The first-order valence-electron chi connectivity index (χ1n) is 6.57. The summed E-state index contributed by atoms with van der Waals surface area (Å²) in [6, 6.07) is 0. The Kier molecular flexibility index (Phi) is 3.36. The molecule has 88 valence electrons. The summed E-state index contributed by atoms with van der Waals surface area (Å²) in [5.74, 6) is 0.944. The molecule has 2 fully saturated rings. The van der Waals surface area contributed by atoms with Crippen LogP contribution in [0.15, 0.2) is 0 Å². The third-order valence-electron chi connectivity index (χ3n) is 4.04. The van der Waals surface area contributed by atoms with E-state index in [2.05, 4.69) is 30.8 Å². The monoisotopic (exact) mass is 210 g/mol. The lowest BCUT2D eigenvalue weighted by molar-refractivity contribution is -0.0886. The Morgan fingerprint density at radius 3 is 2.27 bits per heavy atom. The van der Waals surface area contributed by atoms with E-state index in [4.69, 9.17) is 0 Å². The van der Waals surface area contributed by atoms with Crippen LogP contribution in [0.1, 0.15) is 46.5 Å². The van der Waals surface area contributed by atoms with Crippen LogP contribution in [0.2, 0.25) is 0 Å². The predicted octanol–water partition coefficient (Wildman–Crippen LogP) is 2.76. The van der Waals surface area contributed by atoms with Gasteiger partial charge >= 0.3 is 0 Å². The first-order valence-corrected chi connectivity index (χ1v) is 6.57. The molecular formula is C13H26N2. The van der Waals surface area contributed by atoms with Crippen LogP contribution in [0.25, 0.3) is 0 Å². The van der Waals surface area contributed by atoms with Gasteiger partial charge in [0.2, 0.25) is 0 Å². The van der Waals surface area contributed by atoms with Crippen LogP contribution in [0.5, 0.6) is 0 Å². The van der Waals surface area contributed by atoms with Gasteiger partial charge < -0.3 is 0 Å². The van der Waals surface area contributed by atoms with Crippen molar-refractivity contribution >= 4 is 0 Å². The van der Waals surface area contributed by atoms with Gasteiger partial charge in [0.05, 0.1) is 0 Å². The molecule has 15 heavy (non-hydrogen) atoms. The Bertz CT molecular complexity index is 205. The molecule has 0 radical (unpaired) electrons. The van der Waals surface area contributed by atoms with E-state index in [0.717, 1.165) is 5.92 Å². The van der Waals surface area contributed by atoms with Gasteiger partial charge in [-0.15, -0.1) is 0 Å². The third-order valence-corrected chi connectivity index (χ3v) is 4.04. The summed E-state index contributed by atoms with van der Waals surface area (Å²) in [6.45, 7) is 12.3. The molecule has 2 heterocycles. The summed E-state index contributed by atoms with van der Waals surface area (Å²) in [6.07, 6.45) is 5.54. The van der Waals surface area contributed by atoms with Crippen molar-refractivity contribution in [3.8, 4) is 0 Å². The highest BCUT2D eigenvalue weighted by atomic mass is 15.6. The molecule has 2 aliphatic rings. The molecule has 2 saturated heterocycles. The lowest BCUT2D eigenvalue weighted by Crippen LogP contribution is -2.52. The van der Waals surface area contributed by atoms with Crippen molar-refractivity contribution in [1.82, 2.24) is 10.0 Å². The summed E-state index contributed by atoms with van der Waals surface area (Å²) in [4.78, 5) is 0. The Hall–Kier alpha value is -0.0800. The second-order valence-corrected chi connectivity index (χ2v) is 6.29. The molecule has 0 amide bonds. The molecule has 0 aromatic heterocycles. The van der Waals surface area contributed by atoms with Crippen LogP contribution in [0, 0.1) is 11.3 Å². The SMILES string of the molecule is CC1CCN(N2CCCC(C)(C)C2)CC1. The average molecular weight is 210 g/mol. The van der Waals surface area contributed by atoms with Crippen LogP contribution in [-0.4, -0.2) is 36.2 Å². The van der Waals surface area contributed by atoms with E-state index in [-0.39, 0.29) is 0 Å². The number of piperidine rings is 2. The fraction of sp³-hybridized carbons (Fsp3) is 1.00. The second-order valence-electron chi connectivity index (χ2n) is 6.29. The summed E-state index contributed by atoms with van der Waals surface area (Å²) >= 11 is 0. The van der Waals surface area contributed by atoms with Gasteiger partial charge in [0.15, 0.2) is 0 Å². The molecule has 0 aliphatic carbocycles. The molecule has 2 rings (SSSR count). The Morgan fingerprint density at radius 2 is 1.67 bits per heavy atom. The molecular weight excluding hydrogens is 184 g/mol. The Morgan fingerprint density at radius 1 is 1.00 bits per heavy atom. The van der Waals surface area contributed by atoms with Gasteiger partial charge in [0.25, 0.3) is 0 Å². The highest BCUT2D eigenvalue weighted by Gasteiger charge is 2.30. The van der Waals surface area contributed by atoms with E-state index in [1.54, 1.807) is 0 Å². The number of hydrogen-bond acceptors (Lipinski definition) is 2. The number of rotatable bonds is 1. The smallest absolute Gasteiger partial charge is 0.0184 e. The minimum Gasteiger partial charge on any atom is -0.242 e. The van der Waals surface area contributed by atoms with E-state index in [9.17, 15) is 0 Å². The second kappa shape index (κ2) is 4.42. The quantitative estimate of drug-likeness (QED) is 0.656. The molecule has 0 atom stereocenters. The minimum absolute atomic E-state index is 0.529. The van der Waals surface area contributed by atoms with E-state index < -0.39 is 0 Å². The fourth-order valence-corrected chi connectivity index (χ4v) is 2.91. The largest absolute Gasteiger partial charge is 0.242 e. The van der Waals surface area contributed by atoms with Gasteiger partial charge in [0, 0.05) is 26.2 Å². The first-order chi connectivity index (χ1) is 7.07. The van der Waals surface area contributed by atoms with Crippen molar-refractivity contribution < 1.29 is 0 Å². The van der Waals surface area contributed by atoms with Crippen molar-refractivity contribution in [3.63, 3.8) is 0 Å². The molecule has 0 unspecified atom stereocenters. The van der Waals surface area contributed by atoms with Crippen molar-refractivity contribution in [3.05, 3.63) is 0 Å². The van der Waals surface area contributed by atoms with Crippen molar-refractivity contribution in [2.75, 3.05) is 26.2 Å². The number of hydrazine groups is 1. The maximum atomic E-state index is 2.62. The van der Waals surface area contributed by atoms with Crippen LogP contribution in [0.4, 0.5) is 0 Å². The highest BCUT2D eigenvalue weighted by molar-refractivity contribution is 4.80. The molecule has 0 N–H and O–H groups in total. The minimum atomic E-state index is 0.529. The third kappa shape index (κ3) is 2.94. The van der Waals surface area contributed by atoms with Gasteiger partial charge in [-0.3, -0.25) is 0 Å². The maximum Gasteiger partial charge on any atom is 0.0184 e. The van der Waals surface area contributed by atoms with Gasteiger partial charge in [0.1, 0.15) is 0 Å². The van der Waals surface area contributed by atoms with Crippen molar-refractivity contribution in [2.24, 2.45) is 11.3 Å². The van der Waals surface area contributed by atoms with Crippen LogP contribution in [-0.2, 0) is 0 Å². The zero-order valence-corrected chi connectivity index (χ0v) is 10.6. The Balaban J connectivity index is 1.88. The summed E-state index contributed by atoms with van der Waals surface area (Å²) < 4.78 is 0. The number of hydrogen-bond donors (Lipinski definition) is 0. The summed E-state index contributed by atoms with van der Waals surface area (Å²) in [5.41, 5.74) is 0.529. The van der Waals surface area contributed by atoms with Crippen LogP contribution < -0.4 is 0 Å². The molecule has 0 saturated carbocycles. The molecule has 0 aromatic rings. The molecule has 0 aromatic carbocycles. The lowest BCUT2D eigenvalue weighted by Gasteiger charge is -2.46. The standard InChI is InChI=1S/C13H26N2/c1-12-5-9-14(10-6-12)15-8-4-7-13(2,3)11-15/h12H,4-11H2,1-3H3. The van der Waals surface area contributed by atoms with E-state index in [1.807, 2.05) is 0 Å². The fourth-order valence-electron chi connectivity index (χ4n) is 2.91. The van der Waals surface area contributed by atoms with Crippen LogP contribution in [0.3, 0.4) is 0 Å². The van der Waals surface area contributed by atoms with Gasteiger partial charge in [-0.25, -0.2) is 10.0 Å². The average Bonchev–Trinajstić information content (AvgIpc) is 2.17. The molecule has 2 aliphatic heterocycles. The van der Waals surface area contributed by atoms with Gasteiger partial charge in [-0.2, -0.15) is 0 Å². The predicted molar refractivity (Wildman–Crippen MR) is 64.6 cm³/mol. The molecule has 0 spiro atoms. The normalized spacial score (nSPS) is 30.6. The molecule has 0 bridgehead atoms. The maximum absolute atomic E-state index is 2.62. The van der Waals surface area contributed by atoms with Crippen molar-refractivity contribution in [2.45, 2.75) is 46.5 Å². The van der Waals surface area contributed by atoms with E-state index in [0.29, 0.717) is 5.41 Å². The zero-order chi connectivity index (χ0) is 10.9.